The van der Waals surface area contributed by atoms with E-state index in [9.17, 15) is 9.90 Å². The Morgan fingerprint density at radius 1 is 1.40 bits per heavy atom. The highest BCUT2D eigenvalue weighted by molar-refractivity contribution is 5.58. The van der Waals surface area contributed by atoms with Crippen molar-refractivity contribution < 1.29 is 14.6 Å². The number of phenolic OH excluding ortho intramolecular Hbond substituents is 1. The summed E-state index contributed by atoms with van der Waals surface area (Å²) in [4.78, 5) is 10.4. The van der Waals surface area contributed by atoms with Crippen LogP contribution in [0.2, 0.25) is 0 Å². The molecule has 1 N–H and O–H groups in total. The summed E-state index contributed by atoms with van der Waals surface area (Å²) in [7, 11) is 0. The van der Waals surface area contributed by atoms with Crippen LogP contribution < -0.4 is 0 Å². The molecule has 1 aromatic rings. The van der Waals surface area contributed by atoms with Crippen LogP contribution in [0.4, 0.5) is 0 Å². The number of carbonyl (C=O) groups excluding carboxylic acids is 1. The van der Waals surface area contributed by atoms with Crippen molar-refractivity contribution in [3.63, 3.8) is 0 Å². The fourth-order valence-corrected chi connectivity index (χ4v) is 1.27. The average molecular weight is 208 g/mol. The molecule has 15 heavy (non-hydrogen) atoms. The molecule has 0 unspecified atom stereocenters. The zero-order valence-electron chi connectivity index (χ0n) is 9.06. The van der Waals surface area contributed by atoms with Gasteiger partial charge in [-0.3, -0.25) is 0 Å². The average Bonchev–Trinajstić information content (AvgIpc) is 2.19. The van der Waals surface area contributed by atoms with Gasteiger partial charge in [0.25, 0.3) is 0 Å². The van der Waals surface area contributed by atoms with Crippen molar-refractivity contribution in [3.8, 4) is 5.75 Å². The molecule has 82 valence electrons. The molecule has 3 heteroatoms. The van der Waals surface area contributed by atoms with Gasteiger partial charge in [0.05, 0.1) is 12.7 Å². The molecule has 0 heterocycles. The molecule has 0 bridgehead atoms. The standard InChI is InChI=1S/C12H16O3/c1-9(2)15-8-11-5-3-4-10(6-7-13)12(11)14/h3-5,7,9,14H,6,8H2,1-2H3. The molecule has 0 saturated carbocycles. The molecule has 0 atom stereocenters. The third-order valence-corrected chi connectivity index (χ3v) is 2.08. The third-order valence-electron chi connectivity index (χ3n) is 2.08. The maximum absolute atomic E-state index is 10.4. The minimum Gasteiger partial charge on any atom is -0.507 e. The van der Waals surface area contributed by atoms with E-state index in [-0.39, 0.29) is 18.3 Å². The van der Waals surface area contributed by atoms with E-state index in [0.717, 1.165) is 11.8 Å². The first kappa shape index (κ1) is 11.7. The molecule has 0 spiro atoms. The quantitative estimate of drug-likeness (QED) is 0.753. The van der Waals surface area contributed by atoms with E-state index in [0.29, 0.717) is 12.2 Å². The molecule has 0 fully saturated rings. The topological polar surface area (TPSA) is 46.5 Å². The number of carbonyl (C=O) groups is 1. The van der Waals surface area contributed by atoms with E-state index < -0.39 is 0 Å². The Bertz CT molecular complexity index is 332. The number of phenols is 1. The van der Waals surface area contributed by atoms with Gasteiger partial charge in [-0.05, 0) is 13.8 Å². The van der Waals surface area contributed by atoms with Crippen molar-refractivity contribution in [2.75, 3.05) is 0 Å². The molecule has 0 amide bonds. The normalized spacial score (nSPS) is 10.6. The zero-order valence-corrected chi connectivity index (χ0v) is 9.06. The monoisotopic (exact) mass is 208 g/mol. The summed E-state index contributed by atoms with van der Waals surface area (Å²) in [6.07, 6.45) is 1.14. The van der Waals surface area contributed by atoms with Crippen LogP contribution in [0.25, 0.3) is 0 Å². The van der Waals surface area contributed by atoms with Crippen molar-refractivity contribution in [3.05, 3.63) is 29.3 Å². The lowest BCUT2D eigenvalue weighted by Crippen LogP contribution is -2.03. The van der Waals surface area contributed by atoms with E-state index in [1.54, 1.807) is 12.1 Å². The van der Waals surface area contributed by atoms with Crippen LogP contribution in [0.5, 0.6) is 5.75 Å². The van der Waals surface area contributed by atoms with Gasteiger partial charge in [-0.1, -0.05) is 18.2 Å². The summed E-state index contributed by atoms with van der Waals surface area (Å²) in [6, 6.07) is 5.35. The molecular weight excluding hydrogens is 192 g/mol. The highest BCUT2D eigenvalue weighted by Gasteiger charge is 2.07. The van der Waals surface area contributed by atoms with Crippen LogP contribution in [0, 0.1) is 0 Å². The molecule has 0 aliphatic rings. The van der Waals surface area contributed by atoms with E-state index in [1.165, 1.54) is 0 Å². The Balaban J connectivity index is 2.79. The van der Waals surface area contributed by atoms with Gasteiger partial charge in [-0.25, -0.2) is 0 Å². The number of hydrogen-bond acceptors (Lipinski definition) is 3. The van der Waals surface area contributed by atoms with Gasteiger partial charge in [0.2, 0.25) is 0 Å². The number of para-hydroxylation sites is 1. The number of rotatable bonds is 5. The summed E-state index contributed by atoms with van der Waals surface area (Å²) < 4.78 is 5.39. The molecule has 3 nitrogen and oxygen atoms in total. The van der Waals surface area contributed by atoms with Crippen LogP contribution >= 0.6 is 0 Å². The number of benzene rings is 1. The molecule has 0 aliphatic carbocycles. The van der Waals surface area contributed by atoms with Crippen molar-refractivity contribution in [1.82, 2.24) is 0 Å². The van der Waals surface area contributed by atoms with E-state index >= 15 is 0 Å². The maximum atomic E-state index is 10.4. The van der Waals surface area contributed by atoms with Crippen molar-refractivity contribution in [2.24, 2.45) is 0 Å². The predicted molar refractivity (Wildman–Crippen MR) is 57.8 cm³/mol. The van der Waals surface area contributed by atoms with Gasteiger partial charge < -0.3 is 14.6 Å². The highest BCUT2D eigenvalue weighted by Crippen LogP contribution is 2.23. The van der Waals surface area contributed by atoms with Gasteiger partial charge in [-0.2, -0.15) is 0 Å². The first-order valence-corrected chi connectivity index (χ1v) is 5.00. The molecule has 0 radical (unpaired) electrons. The third kappa shape index (κ3) is 3.36. The summed E-state index contributed by atoms with van der Waals surface area (Å²) >= 11 is 0. The lowest BCUT2D eigenvalue weighted by atomic mass is 10.1. The van der Waals surface area contributed by atoms with Crippen LogP contribution in [0.1, 0.15) is 25.0 Å². The Hall–Kier alpha value is -1.35. The first-order chi connectivity index (χ1) is 7.15. The number of ether oxygens (including phenoxy) is 1. The number of aromatic hydroxyl groups is 1. The number of aldehydes is 1. The minimum atomic E-state index is 0.124. The van der Waals surface area contributed by atoms with E-state index in [4.69, 9.17) is 4.74 Å². The zero-order chi connectivity index (χ0) is 11.3. The molecule has 0 aromatic heterocycles. The smallest absolute Gasteiger partial charge is 0.124 e. The first-order valence-electron chi connectivity index (χ1n) is 5.00. The van der Waals surface area contributed by atoms with E-state index in [2.05, 4.69) is 0 Å². The maximum Gasteiger partial charge on any atom is 0.124 e. The summed E-state index contributed by atoms with van der Waals surface area (Å²) in [5.41, 5.74) is 1.37. The fraction of sp³-hybridized carbons (Fsp3) is 0.417. The van der Waals surface area contributed by atoms with Crippen LogP contribution in [0.3, 0.4) is 0 Å². The molecular formula is C12H16O3. The van der Waals surface area contributed by atoms with Crippen LogP contribution in [-0.4, -0.2) is 17.5 Å². The van der Waals surface area contributed by atoms with Gasteiger partial charge in [0, 0.05) is 17.5 Å². The lowest BCUT2D eigenvalue weighted by Gasteiger charge is -2.10. The molecule has 1 aromatic carbocycles. The Kier molecular flexibility index (Phi) is 4.31. The number of hydrogen-bond donors (Lipinski definition) is 1. The fourth-order valence-electron chi connectivity index (χ4n) is 1.27. The second kappa shape index (κ2) is 5.51. The highest BCUT2D eigenvalue weighted by atomic mass is 16.5. The summed E-state index contributed by atoms with van der Waals surface area (Å²) in [5, 5.41) is 9.79. The van der Waals surface area contributed by atoms with Crippen LogP contribution in [0.15, 0.2) is 18.2 Å². The Morgan fingerprint density at radius 2 is 2.07 bits per heavy atom. The summed E-state index contributed by atoms with van der Waals surface area (Å²) in [5.74, 6) is 0.172. The Labute approximate surface area is 89.7 Å². The Morgan fingerprint density at radius 3 is 2.67 bits per heavy atom. The van der Waals surface area contributed by atoms with Gasteiger partial charge in [-0.15, -0.1) is 0 Å². The van der Waals surface area contributed by atoms with E-state index in [1.807, 2.05) is 19.9 Å². The lowest BCUT2D eigenvalue weighted by molar-refractivity contribution is -0.107. The second-order valence-electron chi connectivity index (χ2n) is 3.66. The predicted octanol–water partition coefficient (Wildman–Crippen LogP) is 2.06. The van der Waals surface area contributed by atoms with Gasteiger partial charge in [0.15, 0.2) is 0 Å². The van der Waals surface area contributed by atoms with Crippen LogP contribution in [-0.2, 0) is 22.6 Å². The second-order valence-corrected chi connectivity index (χ2v) is 3.66. The molecule has 0 aliphatic heterocycles. The van der Waals surface area contributed by atoms with Crippen molar-refractivity contribution in [1.29, 1.82) is 0 Å². The minimum absolute atomic E-state index is 0.124. The van der Waals surface area contributed by atoms with Crippen molar-refractivity contribution >= 4 is 6.29 Å². The van der Waals surface area contributed by atoms with Gasteiger partial charge >= 0.3 is 0 Å². The largest absolute Gasteiger partial charge is 0.507 e. The SMILES string of the molecule is CC(C)OCc1cccc(CC=O)c1O. The summed E-state index contributed by atoms with van der Waals surface area (Å²) in [6.45, 7) is 4.24. The van der Waals surface area contributed by atoms with Gasteiger partial charge in [0.1, 0.15) is 12.0 Å². The molecule has 0 saturated heterocycles. The molecule has 1 rings (SSSR count). The van der Waals surface area contributed by atoms with Crippen molar-refractivity contribution in [2.45, 2.75) is 33.0 Å².